The first-order valence-corrected chi connectivity index (χ1v) is 10.6. The number of hydrogen-bond donors (Lipinski definition) is 2. The minimum absolute atomic E-state index is 0. The van der Waals surface area contributed by atoms with E-state index in [2.05, 4.69) is 41.8 Å². The van der Waals surface area contributed by atoms with Gasteiger partial charge in [0.1, 0.15) is 0 Å². The Labute approximate surface area is 191 Å². The molecule has 1 atom stereocenters. The van der Waals surface area contributed by atoms with Crippen LogP contribution in [0.25, 0.3) is 0 Å². The molecule has 0 spiro atoms. The second-order valence-corrected chi connectivity index (χ2v) is 7.84. The predicted molar refractivity (Wildman–Crippen MR) is 127 cm³/mol. The molecule has 162 valence electrons. The monoisotopic (exact) mass is 514 g/mol. The van der Waals surface area contributed by atoms with Crippen LogP contribution in [0, 0.1) is 5.92 Å². The summed E-state index contributed by atoms with van der Waals surface area (Å²) < 4.78 is 5.15. The van der Waals surface area contributed by atoms with E-state index in [0.717, 1.165) is 44.9 Å². The van der Waals surface area contributed by atoms with Crippen LogP contribution in [-0.4, -0.2) is 49.6 Å². The van der Waals surface area contributed by atoms with Crippen molar-refractivity contribution in [2.24, 2.45) is 10.9 Å². The van der Waals surface area contributed by atoms with Gasteiger partial charge in [0.05, 0.1) is 13.2 Å². The molecule has 1 aromatic rings. The molecule has 1 heterocycles. The maximum Gasteiger partial charge on any atom is 0.225 e. The number of guanidine groups is 1. The zero-order valence-corrected chi connectivity index (χ0v) is 20.0. The number of benzene rings is 1. The van der Waals surface area contributed by atoms with Crippen LogP contribution in [0.5, 0.6) is 0 Å². The Morgan fingerprint density at radius 2 is 1.86 bits per heavy atom. The van der Waals surface area contributed by atoms with Crippen LogP contribution in [0.4, 0.5) is 0 Å². The second-order valence-electron chi connectivity index (χ2n) is 7.84. The Bertz CT molecular complexity index is 659. The summed E-state index contributed by atoms with van der Waals surface area (Å²) in [5.74, 6) is 1.45. The van der Waals surface area contributed by atoms with E-state index >= 15 is 0 Å². The molecule has 2 fully saturated rings. The third kappa shape index (κ3) is 7.13. The molecule has 0 bridgehead atoms. The fraction of sp³-hybridized carbons (Fsp3) is 0.636. The first kappa shape index (κ1) is 23.9. The zero-order valence-electron chi connectivity index (χ0n) is 17.7. The summed E-state index contributed by atoms with van der Waals surface area (Å²) >= 11 is 0. The van der Waals surface area contributed by atoms with Gasteiger partial charge in [-0.15, -0.1) is 24.0 Å². The smallest absolute Gasteiger partial charge is 0.225 e. The van der Waals surface area contributed by atoms with Crippen molar-refractivity contribution in [3.63, 3.8) is 0 Å². The minimum atomic E-state index is 0. The number of likely N-dealkylation sites (tertiary alicyclic amines) is 1. The van der Waals surface area contributed by atoms with Gasteiger partial charge in [0.25, 0.3) is 0 Å². The number of hydrogen-bond acceptors (Lipinski definition) is 3. The number of aliphatic imine (C=N–C) groups is 1. The molecule has 0 aromatic heterocycles. The third-order valence-corrected chi connectivity index (χ3v) is 5.64. The molecule has 0 radical (unpaired) electrons. The maximum absolute atomic E-state index is 12.6. The number of halogens is 1. The molecule has 1 aliphatic carbocycles. The summed E-state index contributed by atoms with van der Waals surface area (Å²) in [6, 6.07) is 8.63. The fourth-order valence-corrected chi connectivity index (χ4v) is 4.10. The predicted octanol–water partition coefficient (Wildman–Crippen LogP) is 3.30. The van der Waals surface area contributed by atoms with Gasteiger partial charge in [-0.3, -0.25) is 4.79 Å². The van der Waals surface area contributed by atoms with Crippen LogP contribution >= 0.6 is 24.0 Å². The number of ether oxygens (including phenoxy) is 1. The van der Waals surface area contributed by atoms with Gasteiger partial charge in [0.2, 0.25) is 5.91 Å². The van der Waals surface area contributed by atoms with Crippen LogP contribution < -0.4 is 10.6 Å². The molecule has 1 saturated heterocycles. The van der Waals surface area contributed by atoms with E-state index in [4.69, 9.17) is 9.73 Å². The highest BCUT2D eigenvalue weighted by Crippen LogP contribution is 2.27. The van der Waals surface area contributed by atoms with E-state index < -0.39 is 0 Å². The average Bonchev–Trinajstić information content (AvgIpc) is 3.39. The number of methoxy groups -OCH3 is 1. The highest BCUT2D eigenvalue weighted by Gasteiger charge is 2.32. The highest BCUT2D eigenvalue weighted by atomic mass is 127. The van der Waals surface area contributed by atoms with Crippen molar-refractivity contribution in [2.75, 3.05) is 26.7 Å². The maximum atomic E-state index is 12.6. The van der Waals surface area contributed by atoms with E-state index in [1.54, 1.807) is 7.11 Å². The topological polar surface area (TPSA) is 66.0 Å². The van der Waals surface area contributed by atoms with Crippen LogP contribution in [-0.2, 0) is 22.7 Å². The van der Waals surface area contributed by atoms with E-state index in [-0.39, 0.29) is 35.9 Å². The summed E-state index contributed by atoms with van der Waals surface area (Å²) in [6.45, 7) is 5.78. The van der Waals surface area contributed by atoms with Crippen LogP contribution in [0.1, 0.15) is 50.2 Å². The van der Waals surface area contributed by atoms with E-state index in [1.807, 2.05) is 4.90 Å². The van der Waals surface area contributed by atoms with Gasteiger partial charge in [-0.05, 0) is 37.3 Å². The molecule has 1 aromatic carbocycles. The fourth-order valence-electron chi connectivity index (χ4n) is 4.10. The molecule has 2 aliphatic rings. The number of nitrogens with zero attached hydrogens (tertiary/aromatic N) is 2. The summed E-state index contributed by atoms with van der Waals surface area (Å²) in [4.78, 5) is 19.4. The number of amides is 1. The molecular formula is C22H35IN4O2. The second kappa shape index (κ2) is 12.4. The van der Waals surface area contributed by atoms with Crippen LogP contribution in [0.15, 0.2) is 29.3 Å². The molecule has 1 unspecified atom stereocenters. The van der Waals surface area contributed by atoms with E-state index in [0.29, 0.717) is 19.1 Å². The van der Waals surface area contributed by atoms with Crippen molar-refractivity contribution in [3.8, 4) is 0 Å². The summed E-state index contributed by atoms with van der Waals surface area (Å²) in [6.07, 6.45) is 5.53. The third-order valence-electron chi connectivity index (χ3n) is 5.64. The van der Waals surface area contributed by atoms with Crippen LogP contribution in [0.3, 0.4) is 0 Å². The Morgan fingerprint density at radius 1 is 1.17 bits per heavy atom. The Balaban J connectivity index is 0.00000300. The lowest BCUT2D eigenvalue weighted by Gasteiger charge is -2.21. The molecule has 1 saturated carbocycles. The van der Waals surface area contributed by atoms with Gasteiger partial charge in [-0.2, -0.15) is 0 Å². The van der Waals surface area contributed by atoms with Crippen molar-refractivity contribution in [2.45, 2.75) is 58.2 Å². The van der Waals surface area contributed by atoms with Gasteiger partial charge in [0.15, 0.2) is 5.96 Å². The normalized spacial score (nSPS) is 19.9. The first-order valence-electron chi connectivity index (χ1n) is 10.6. The van der Waals surface area contributed by atoms with Gasteiger partial charge < -0.3 is 20.3 Å². The quantitative estimate of drug-likeness (QED) is 0.333. The molecule has 3 rings (SSSR count). The average molecular weight is 514 g/mol. The Kier molecular flexibility index (Phi) is 10.2. The highest BCUT2D eigenvalue weighted by molar-refractivity contribution is 14.0. The van der Waals surface area contributed by atoms with Gasteiger partial charge in [-0.25, -0.2) is 4.99 Å². The SMILES string of the molecule is CCNC(=NCc1ccc(COC)cc1)NC1CCN(C(=O)C2CCCC2)C1.I. The van der Waals surface area contributed by atoms with E-state index in [9.17, 15) is 4.79 Å². The van der Waals surface area contributed by atoms with Crippen molar-refractivity contribution in [3.05, 3.63) is 35.4 Å². The van der Waals surface area contributed by atoms with Crippen molar-refractivity contribution < 1.29 is 9.53 Å². The molecule has 7 heteroatoms. The van der Waals surface area contributed by atoms with Crippen molar-refractivity contribution in [1.82, 2.24) is 15.5 Å². The summed E-state index contributed by atoms with van der Waals surface area (Å²) in [5, 5.41) is 6.85. The molecule has 29 heavy (non-hydrogen) atoms. The number of carbonyl (C=O) groups excluding carboxylic acids is 1. The van der Waals surface area contributed by atoms with Crippen molar-refractivity contribution >= 4 is 35.8 Å². The minimum Gasteiger partial charge on any atom is -0.380 e. The lowest BCUT2D eigenvalue weighted by atomic mass is 10.1. The molecule has 1 amide bonds. The Morgan fingerprint density at radius 3 is 2.52 bits per heavy atom. The number of carbonyl (C=O) groups is 1. The molecular weight excluding hydrogens is 479 g/mol. The molecule has 6 nitrogen and oxygen atoms in total. The summed E-state index contributed by atoms with van der Waals surface area (Å²) in [5.41, 5.74) is 2.33. The number of rotatable bonds is 7. The number of nitrogens with one attached hydrogen (secondary N) is 2. The standard InChI is InChI=1S/C22H34N4O2.HI/c1-3-23-22(24-14-17-8-10-18(11-9-17)16-28-2)25-20-12-13-26(15-20)21(27)19-6-4-5-7-19;/h8-11,19-20H,3-7,12-16H2,1-2H3,(H2,23,24,25);1H. The van der Waals surface area contributed by atoms with Crippen molar-refractivity contribution in [1.29, 1.82) is 0 Å². The van der Waals surface area contributed by atoms with Gasteiger partial charge in [0, 0.05) is 38.7 Å². The largest absolute Gasteiger partial charge is 0.380 e. The lowest BCUT2D eigenvalue weighted by molar-refractivity contribution is -0.134. The van der Waals surface area contributed by atoms with Gasteiger partial charge in [-0.1, -0.05) is 37.1 Å². The van der Waals surface area contributed by atoms with E-state index in [1.165, 1.54) is 24.0 Å². The molecule has 2 N–H and O–H groups in total. The van der Waals surface area contributed by atoms with Crippen LogP contribution in [0.2, 0.25) is 0 Å². The summed E-state index contributed by atoms with van der Waals surface area (Å²) in [7, 11) is 1.71. The molecule has 1 aliphatic heterocycles. The zero-order chi connectivity index (χ0) is 19.8. The van der Waals surface area contributed by atoms with Gasteiger partial charge >= 0.3 is 0 Å². The first-order chi connectivity index (χ1) is 13.7. The Hall–Kier alpha value is -1.35. The lowest BCUT2D eigenvalue weighted by Crippen LogP contribution is -2.45.